The van der Waals surface area contributed by atoms with Gasteiger partial charge in [0.15, 0.2) is 5.76 Å². The van der Waals surface area contributed by atoms with Crippen molar-refractivity contribution in [2.45, 2.75) is 26.6 Å². The molecule has 12 heteroatoms. The summed E-state index contributed by atoms with van der Waals surface area (Å²) in [4.78, 5) is 28.8. The number of rotatable bonds is 7. The van der Waals surface area contributed by atoms with Crippen LogP contribution in [0.2, 0.25) is 0 Å². The van der Waals surface area contributed by atoms with E-state index < -0.39 is 29.5 Å². The molecule has 0 saturated heterocycles. The summed E-state index contributed by atoms with van der Waals surface area (Å²) >= 11 is 0.600. The number of primary amides is 1. The highest BCUT2D eigenvalue weighted by molar-refractivity contribution is 7.21. The summed E-state index contributed by atoms with van der Waals surface area (Å²) in [5.74, 6) is -1.54. The highest BCUT2D eigenvalue weighted by atomic mass is 32.1. The zero-order chi connectivity index (χ0) is 29.5. The Labute approximate surface area is 234 Å². The van der Waals surface area contributed by atoms with Crippen LogP contribution in [0.25, 0.3) is 21.3 Å². The molecule has 3 heterocycles. The maximum Gasteiger partial charge on any atom is 0.433 e. The molecular formula is C29H21F4N3O4S. The highest BCUT2D eigenvalue weighted by Crippen LogP contribution is 2.43. The average molecular weight is 584 g/mol. The van der Waals surface area contributed by atoms with Gasteiger partial charge in [0, 0.05) is 5.39 Å². The van der Waals surface area contributed by atoms with Gasteiger partial charge < -0.3 is 20.2 Å². The van der Waals surface area contributed by atoms with E-state index in [1.807, 2.05) is 32.0 Å². The lowest BCUT2D eigenvalue weighted by Crippen LogP contribution is -2.16. The van der Waals surface area contributed by atoms with Gasteiger partial charge >= 0.3 is 6.18 Å². The molecule has 5 aromatic rings. The number of thiophene rings is 1. The lowest BCUT2D eigenvalue weighted by atomic mass is 10.0. The van der Waals surface area contributed by atoms with Gasteiger partial charge in [-0.2, -0.15) is 13.2 Å². The van der Waals surface area contributed by atoms with Crippen LogP contribution in [0, 0.1) is 19.7 Å². The van der Waals surface area contributed by atoms with Crippen LogP contribution in [-0.2, 0) is 12.8 Å². The van der Waals surface area contributed by atoms with Gasteiger partial charge in [-0.05, 0) is 78.6 Å². The molecule has 2 aromatic carbocycles. The molecule has 0 saturated carbocycles. The molecule has 0 atom stereocenters. The molecule has 3 N–H and O–H groups in total. The van der Waals surface area contributed by atoms with Gasteiger partial charge in [-0.25, -0.2) is 9.37 Å². The monoisotopic (exact) mass is 583 g/mol. The Bertz CT molecular complexity index is 1770. The highest BCUT2D eigenvalue weighted by Gasteiger charge is 2.35. The second-order valence-corrected chi connectivity index (χ2v) is 10.2. The Hall–Kier alpha value is -4.71. The molecule has 3 aromatic heterocycles. The number of aryl methyl sites for hydroxylation is 2. The number of aromatic nitrogens is 1. The second-order valence-electron chi connectivity index (χ2n) is 9.24. The Balaban J connectivity index is 1.51. The van der Waals surface area contributed by atoms with Crippen molar-refractivity contribution in [1.29, 1.82) is 0 Å². The molecule has 2 amide bonds. The number of fused-ring (bicyclic) bond motifs is 1. The van der Waals surface area contributed by atoms with Crippen molar-refractivity contribution < 1.29 is 36.3 Å². The van der Waals surface area contributed by atoms with Crippen molar-refractivity contribution in [3.63, 3.8) is 0 Å². The van der Waals surface area contributed by atoms with Crippen LogP contribution in [0.5, 0.6) is 5.75 Å². The molecule has 7 nitrogen and oxygen atoms in total. The largest absolute Gasteiger partial charge is 0.486 e. The molecule has 210 valence electrons. The fourth-order valence-electron chi connectivity index (χ4n) is 4.32. The first kappa shape index (κ1) is 27.8. The summed E-state index contributed by atoms with van der Waals surface area (Å²) < 4.78 is 66.0. The number of nitrogens with two attached hydrogens (primary N) is 1. The number of halogens is 4. The van der Waals surface area contributed by atoms with E-state index in [0.29, 0.717) is 22.8 Å². The number of nitrogens with zero attached hydrogens (tertiary/aromatic N) is 1. The number of carbonyl (C=O) groups is 2. The number of anilines is 1. The number of nitrogens with one attached hydrogen (secondary N) is 1. The van der Waals surface area contributed by atoms with E-state index in [9.17, 15) is 27.2 Å². The molecule has 5 rings (SSSR count). The molecule has 0 spiro atoms. The van der Waals surface area contributed by atoms with Crippen molar-refractivity contribution >= 4 is 39.1 Å². The van der Waals surface area contributed by atoms with Gasteiger partial charge in [0.25, 0.3) is 11.8 Å². The SMILES string of the molecule is Cc1cc(C)cc(OCc2ccc(C(=O)Nc3c(C(N)=O)sc4nc(C(F)(F)F)cc(-c5ccc(F)cc5)c34)o2)c1. The van der Waals surface area contributed by atoms with E-state index >= 15 is 0 Å². The summed E-state index contributed by atoms with van der Waals surface area (Å²) in [5, 5.41) is 2.60. The van der Waals surface area contributed by atoms with Gasteiger partial charge in [-0.15, -0.1) is 11.3 Å². The van der Waals surface area contributed by atoms with Gasteiger partial charge in [-0.1, -0.05) is 18.2 Å². The van der Waals surface area contributed by atoms with Crippen LogP contribution in [0.1, 0.15) is 42.8 Å². The van der Waals surface area contributed by atoms with Gasteiger partial charge in [-0.3, -0.25) is 9.59 Å². The first-order valence-electron chi connectivity index (χ1n) is 12.1. The normalized spacial score (nSPS) is 11.6. The Morgan fingerprint density at radius 1 is 1.02 bits per heavy atom. The van der Waals surface area contributed by atoms with Gasteiger partial charge in [0.1, 0.15) is 39.3 Å². The number of carbonyl (C=O) groups excluding carboxylic acids is 2. The molecule has 0 aliphatic heterocycles. The van der Waals surface area contributed by atoms with Crippen molar-refractivity contribution in [3.8, 4) is 16.9 Å². The maximum absolute atomic E-state index is 13.7. The zero-order valence-electron chi connectivity index (χ0n) is 21.6. The van der Waals surface area contributed by atoms with Crippen molar-refractivity contribution in [1.82, 2.24) is 4.98 Å². The van der Waals surface area contributed by atoms with Gasteiger partial charge in [0.2, 0.25) is 0 Å². The third-order valence-corrected chi connectivity index (χ3v) is 7.13. The smallest absolute Gasteiger partial charge is 0.433 e. The first-order valence-corrected chi connectivity index (χ1v) is 12.9. The molecule has 0 bridgehead atoms. The van der Waals surface area contributed by atoms with Crippen LogP contribution in [0.4, 0.5) is 23.2 Å². The fourth-order valence-corrected chi connectivity index (χ4v) is 5.32. The number of hydrogen-bond donors (Lipinski definition) is 2. The summed E-state index contributed by atoms with van der Waals surface area (Å²) in [6.07, 6.45) is -4.81. The minimum atomic E-state index is -4.81. The number of benzene rings is 2. The van der Waals surface area contributed by atoms with Crippen LogP contribution >= 0.6 is 11.3 Å². The molecule has 0 radical (unpaired) electrons. The molecule has 0 fully saturated rings. The molecular weight excluding hydrogens is 562 g/mol. The van der Waals surface area contributed by atoms with Crippen LogP contribution < -0.4 is 15.8 Å². The number of alkyl halides is 3. The number of hydrogen-bond acceptors (Lipinski definition) is 6. The summed E-state index contributed by atoms with van der Waals surface area (Å²) in [5.41, 5.74) is 6.39. The van der Waals surface area contributed by atoms with Crippen LogP contribution in [0.3, 0.4) is 0 Å². The van der Waals surface area contributed by atoms with E-state index in [0.717, 1.165) is 29.3 Å². The number of amides is 2. The first-order chi connectivity index (χ1) is 19.4. The second kappa shape index (κ2) is 10.7. The third-order valence-electron chi connectivity index (χ3n) is 6.03. The van der Waals surface area contributed by atoms with E-state index in [2.05, 4.69) is 10.3 Å². The molecule has 0 aliphatic rings. The molecule has 0 aliphatic carbocycles. The topological polar surface area (TPSA) is 107 Å². The van der Waals surface area contributed by atoms with Crippen molar-refractivity contribution in [2.24, 2.45) is 5.73 Å². The van der Waals surface area contributed by atoms with Crippen molar-refractivity contribution in [3.05, 3.63) is 99.7 Å². The maximum atomic E-state index is 13.7. The van der Waals surface area contributed by atoms with Crippen LogP contribution in [0.15, 0.2) is 65.1 Å². The van der Waals surface area contributed by atoms with E-state index in [1.54, 1.807) is 6.07 Å². The quantitative estimate of drug-likeness (QED) is 0.196. The van der Waals surface area contributed by atoms with Crippen molar-refractivity contribution in [2.75, 3.05) is 5.32 Å². The average Bonchev–Trinajstić information content (AvgIpc) is 3.52. The molecule has 0 unspecified atom stereocenters. The lowest BCUT2D eigenvalue weighted by Gasteiger charge is -2.12. The minimum Gasteiger partial charge on any atom is -0.486 e. The lowest BCUT2D eigenvalue weighted by molar-refractivity contribution is -0.140. The standard InChI is InChI=1S/C29H21F4N3O4S/c1-14-9-15(2)11-19(10-14)39-13-18-7-8-21(40-18)27(38)36-24-23-20(16-3-5-17(30)6-4-16)12-22(29(31,32)33)35-28(23)41-25(24)26(34)37/h3-12H,13H2,1-2H3,(H2,34,37)(H,36,38). The number of furan rings is 1. The summed E-state index contributed by atoms with van der Waals surface area (Å²) in [7, 11) is 0. The Morgan fingerprint density at radius 3 is 2.34 bits per heavy atom. The van der Waals surface area contributed by atoms with E-state index in [1.165, 1.54) is 18.2 Å². The van der Waals surface area contributed by atoms with Crippen LogP contribution in [-0.4, -0.2) is 16.8 Å². The van der Waals surface area contributed by atoms with E-state index in [4.69, 9.17) is 14.9 Å². The Kier molecular flexibility index (Phi) is 7.26. The number of ether oxygens (including phenoxy) is 1. The predicted octanol–water partition coefficient (Wildman–Crippen LogP) is 7.26. The van der Waals surface area contributed by atoms with E-state index in [-0.39, 0.29) is 44.3 Å². The summed E-state index contributed by atoms with van der Waals surface area (Å²) in [6.45, 7) is 3.90. The summed E-state index contributed by atoms with van der Waals surface area (Å²) in [6, 6.07) is 14.2. The fraction of sp³-hybridized carbons (Fsp3) is 0.138. The Morgan fingerprint density at radius 2 is 1.71 bits per heavy atom. The minimum absolute atomic E-state index is 0.0247. The number of pyridine rings is 1. The third kappa shape index (κ3) is 5.92. The molecule has 41 heavy (non-hydrogen) atoms. The predicted molar refractivity (Wildman–Crippen MR) is 145 cm³/mol. The van der Waals surface area contributed by atoms with Gasteiger partial charge in [0.05, 0.1) is 5.69 Å². The zero-order valence-corrected chi connectivity index (χ0v) is 22.4.